The molecule has 6 heteroatoms. The smallest absolute Gasteiger partial charge is 0.252 e. The van der Waals surface area contributed by atoms with Crippen molar-refractivity contribution >= 4 is 16.8 Å². The van der Waals surface area contributed by atoms with Crippen molar-refractivity contribution in [3.8, 4) is 11.3 Å². The first kappa shape index (κ1) is 19.0. The summed E-state index contributed by atoms with van der Waals surface area (Å²) in [5.74, 6) is -0.0571. The molecule has 0 atom stereocenters. The van der Waals surface area contributed by atoms with Gasteiger partial charge in [-0.05, 0) is 38.2 Å². The summed E-state index contributed by atoms with van der Waals surface area (Å²) in [6.45, 7) is 8.04. The summed E-state index contributed by atoms with van der Waals surface area (Å²) < 4.78 is 1.74. The number of hydrogen-bond acceptors (Lipinski definition) is 4. The topological polar surface area (TPSA) is 63.1 Å². The summed E-state index contributed by atoms with van der Waals surface area (Å²) in [7, 11) is 1.87. The monoisotopic (exact) mass is 365 g/mol. The molecule has 1 aromatic carbocycles. The Balaban J connectivity index is 1.81. The van der Waals surface area contributed by atoms with Crippen molar-refractivity contribution in [3.63, 3.8) is 0 Å². The van der Waals surface area contributed by atoms with Crippen LogP contribution in [-0.4, -0.2) is 51.8 Å². The Bertz CT molecular complexity index is 914. The molecule has 2 heterocycles. The fourth-order valence-electron chi connectivity index (χ4n) is 3.20. The molecule has 0 bridgehead atoms. The third kappa shape index (κ3) is 4.52. The van der Waals surface area contributed by atoms with Gasteiger partial charge in [0.15, 0.2) is 0 Å². The van der Waals surface area contributed by atoms with Crippen LogP contribution in [0.5, 0.6) is 0 Å². The third-order valence-electron chi connectivity index (χ3n) is 4.79. The number of amides is 1. The Hall–Kier alpha value is -2.73. The molecule has 0 radical (unpaired) electrons. The fraction of sp³-hybridized carbons (Fsp3) is 0.381. The number of nitrogens with zero attached hydrogens (tertiary/aromatic N) is 4. The van der Waals surface area contributed by atoms with E-state index in [1.807, 2.05) is 43.6 Å². The van der Waals surface area contributed by atoms with Crippen LogP contribution >= 0.6 is 0 Å². The first-order chi connectivity index (χ1) is 13.1. The van der Waals surface area contributed by atoms with Gasteiger partial charge in [0.25, 0.3) is 5.91 Å². The average molecular weight is 365 g/mol. The van der Waals surface area contributed by atoms with Crippen molar-refractivity contribution in [2.45, 2.75) is 20.3 Å². The molecule has 0 fully saturated rings. The molecule has 0 saturated heterocycles. The van der Waals surface area contributed by atoms with Crippen molar-refractivity contribution in [2.75, 3.05) is 26.2 Å². The van der Waals surface area contributed by atoms with E-state index in [2.05, 4.69) is 29.2 Å². The van der Waals surface area contributed by atoms with E-state index in [1.54, 1.807) is 10.9 Å². The molecule has 3 rings (SSSR count). The van der Waals surface area contributed by atoms with Crippen LogP contribution in [0, 0.1) is 0 Å². The average Bonchev–Trinajstić information content (AvgIpc) is 3.13. The maximum absolute atomic E-state index is 12.9. The molecular weight excluding hydrogens is 338 g/mol. The van der Waals surface area contributed by atoms with Crippen molar-refractivity contribution in [3.05, 3.63) is 48.3 Å². The predicted molar refractivity (Wildman–Crippen MR) is 109 cm³/mol. The predicted octanol–water partition coefficient (Wildman–Crippen LogP) is 3.10. The maximum atomic E-state index is 12.9. The molecule has 27 heavy (non-hydrogen) atoms. The highest BCUT2D eigenvalue weighted by molar-refractivity contribution is 6.07. The number of pyridine rings is 1. The molecule has 0 spiro atoms. The first-order valence-electron chi connectivity index (χ1n) is 9.51. The summed E-state index contributed by atoms with van der Waals surface area (Å²) in [5, 5.41) is 8.14. The summed E-state index contributed by atoms with van der Waals surface area (Å²) in [6.07, 6.45) is 4.61. The lowest BCUT2D eigenvalue weighted by Crippen LogP contribution is -2.30. The Morgan fingerprint density at radius 3 is 2.70 bits per heavy atom. The van der Waals surface area contributed by atoms with Crippen LogP contribution in [0.4, 0.5) is 0 Å². The molecule has 0 unspecified atom stereocenters. The van der Waals surface area contributed by atoms with Gasteiger partial charge in [0, 0.05) is 30.7 Å². The summed E-state index contributed by atoms with van der Waals surface area (Å²) >= 11 is 0. The molecule has 0 saturated carbocycles. The van der Waals surface area contributed by atoms with Crippen LogP contribution in [0.3, 0.4) is 0 Å². The molecule has 0 aliphatic heterocycles. The molecular formula is C21H27N5O. The number of para-hydroxylation sites is 1. The number of carbonyl (C=O) groups excluding carboxylic acids is 1. The van der Waals surface area contributed by atoms with Crippen LogP contribution in [-0.2, 0) is 7.05 Å². The Morgan fingerprint density at radius 1 is 1.22 bits per heavy atom. The van der Waals surface area contributed by atoms with Gasteiger partial charge in [-0.1, -0.05) is 32.0 Å². The minimum Gasteiger partial charge on any atom is -0.352 e. The van der Waals surface area contributed by atoms with Crippen LogP contribution in [0.25, 0.3) is 22.2 Å². The maximum Gasteiger partial charge on any atom is 0.252 e. The minimum atomic E-state index is -0.0571. The molecule has 1 N–H and O–H groups in total. The van der Waals surface area contributed by atoms with Gasteiger partial charge in [-0.2, -0.15) is 5.10 Å². The van der Waals surface area contributed by atoms with Crippen molar-refractivity contribution in [1.29, 1.82) is 0 Å². The molecule has 1 amide bonds. The summed E-state index contributed by atoms with van der Waals surface area (Å²) in [4.78, 5) is 19.9. The standard InChI is InChI=1S/C21H27N5O/c1-4-26(5-2)12-8-11-22-21(27)18-13-20(16-14-23-25(3)15-16)24-19-10-7-6-9-17(18)19/h6-7,9-10,13-15H,4-5,8,11-12H2,1-3H3,(H,22,27). The van der Waals surface area contributed by atoms with E-state index < -0.39 is 0 Å². The van der Waals surface area contributed by atoms with Gasteiger partial charge in [0.2, 0.25) is 0 Å². The van der Waals surface area contributed by atoms with Crippen LogP contribution in [0.2, 0.25) is 0 Å². The van der Waals surface area contributed by atoms with E-state index >= 15 is 0 Å². The van der Waals surface area contributed by atoms with Crippen LogP contribution in [0.15, 0.2) is 42.7 Å². The Morgan fingerprint density at radius 2 is 2.00 bits per heavy atom. The van der Waals surface area contributed by atoms with Gasteiger partial charge < -0.3 is 10.2 Å². The van der Waals surface area contributed by atoms with Gasteiger partial charge in [0.05, 0.1) is 23.0 Å². The molecule has 0 aliphatic rings. The van der Waals surface area contributed by atoms with E-state index in [0.29, 0.717) is 12.1 Å². The summed E-state index contributed by atoms with van der Waals surface area (Å²) in [6, 6.07) is 9.62. The highest BCUT2D eigenvalue weighted by Gasteiger charge is 2.14. The number of hydrogen-bond donors (Lipinski definition) is 1. The third-order valence-corrected chi connectivity index (χ3v) is 4.79. The quantitative estimate of drug-likeness (QED) is 0.623. The zero-order chi connectivity index (χ0) is 19.2. The SMILES string of the molecule is CCN(CC)CCCNC(=O)c1cc(-c2cnn(C)c2)nc2ccccc12. The molecule has 3 aromatic rings. The lowest BCUT2D eigenvalue weighted by Gasteiger charge is -2.17. The van der Waals surface area contributed by atoms with Crippen molar-refractivity contribution < 1.29 is 4.79 Å². The Labute approximate surface area is 160 Å². The largest absolute Gasteiger partial charge is 0.352 e. The van der Waals surface area contributed by atoms with Gasteiger partial charge >= 0.3 is 0 Å². The number of aromatic nitrogens is 3. The van der Waals surface area contributed by atoms with E-state index in [1.165, 1.54) is 0 Å². The second kappa shape index (κ2) is 8.77. The molecule has 0 aliphatic carbocycles. The van der Waals surface area contributed by atoms with Crippen LogP contribution in [0.1, 0.15) is 30.6 Å². The van der Waals surface area contributed by atoms with Crippen molar-refractivity contribution in [1.82, 2.24) is 25.0 Å². The highest BCUT2D eigenvalue weighted by atomic mass is 16.1. The van der Waals surface area contributed by atoms with E-state index in [-0.39, 0.29) is 5.91 Å². The fourth-order valence-corrected chi connectivity index (χ4v) is 3.20. The lowest BCUT2D eigenvalue weighted by atomic mass is 10.0. The number of nitrogens with one attached hydrogen (secondary N) is 1. The number of rotatable bonds is 8. The van der Waals surface area contributed by atoms with Gasteiger partial charge in [-0.15, -0.1) is 0 Å². The number of benzene rings is 1. The first-order valence-corrected chi connectivity index (χ1v) is 9.51. The number of carbonyl (C=O) groups is 1. The normalized spacial score (nSPS) is 11.3. The minimum absolute atomic E-state index is 0.0571. The zero-order valence-electron chi connectivity index (χ0n) is 16.3. The lowest BCUT2D eigenvalue weighted by molar-refractivity contribution is 0.0953. The second-order valence-electron chi connectivity index (χ2n) is 6.61. The molecule has 142 valence electrons. The van der Waals surface area contributed by atoms with Gasteiger partial charge in [-0.3, -0.25) is 9.48 Å². The van der Waals surface area contributed by atoms with E-state index in [4.69, 9.17) is 4.98 Å². The summed E-state index contributed by atoms with van der Waals surface area (Å²) in [5.41, 5.74) is 3.13. The van der Waals surface area contributed by atoms with Crippen molar-refractivity contribution in [2.24, 2.45) is 7.05 Å². The second-order valence-corrected chi connectivity index (χ2v) is 6.61. The van der Waals surface area contributed by atoms with Crippen LogP contribution < -0.4 is 5.32 Å². The molecule has 6 nitrogen and oxygen atoms in total. The van der Waals surface area contributed by atoms with Gasteiger partial charge in [0.1, 0.15) is 0 Å². The van der Waals surface area contributed by atoms with E-state index in [9.17, 15) is 4.79 Å². The number of aryl methyl sites for hydroxylation is 1. The molecule has 2 aromatic heterocycles. The van der Waals surface area contributed by atoms with Gasteiger partial charge in [-0.25, -0.2) is 4.98 Å². The highest BCUT2D eigenvalue weighted by Crippen LogP contribution is 2.24. The van der Waals surface area contributed by atoms with E-state index in [0.717, 1.165) is 48.2 Å². The number of fused-ring (bicyclic) bond motifs is 1. The Kier molecular flexibility index (Phi) is 6.19. The zero-order valence-corrected chi connectivity index (χ0v) is 16.3.